The zero-order chi connectivity index (χ0) is 23.4. The number of amides is 2. The lowest BCUT2D eigenvalue weighted by molar-refractivity contribution is -0.384. The molecule has 0 fully saturated rings. The van der Waals surface area contributed by atoms with Crippen LogP contribution < -0.4 is 10.7 Å². The molecule has 0 atom stereocenters. The van der Waals surface area contributed by atoms with Gasteiger partial charge in [-0.1, -0.05) is 24.3 Å². The van der Waals surface area contributed by atoms with Crippen molar-refractivity contribution in [1.82, 2.24) is 14.7 Å². The molecule has 2 amide bonds. The topological polar surface area (TPSA) is 127 Å². The van der Waals surface area contributed by atoms with E-state index in [9.17, 15) is 24.5 Å². The molecule has 0 bridgehead atoms. The highest BCUT2D eigenvalue weighted by Gasteiger charge is 2.21. The Labute approximate surface area is 187 Å². The fourth-order valence-electron chi connectivity index (χ4n) is 2.77. The summed E-state index contributed by atoms with van der Waals surface area (Å²) in [6.45, 7) is 1.56. The Hall–Kier alpha value is -3.99. The minimum absolute atomic E-state index is 0.122. The zero-order valence-corrected chi connectivity index (χ0v) is 18.3. The number of nitro benzene ring substituents is 1. The van der Waals surface area contributed by atoms with Gasteiger partial charge < -0.3 is 10.2 Å². The predicted molar refractivity (Wildman–Crippen MR) is 121 cm³/mol. The van der Waals surface area contributed by atoms with E-state index in [2.05, 4.69) is 10.4 Å². The van der Waals surface area contributed by atoms with Crippen LogP contribution in [-0.4, -0.2) is 44.8 Å². The Morgan fingerprint density at radius 2 is 1.78 bits per heavy atom. The first-order valence-corrected chi connectivity index (χ1v) is 10.1. The molecule has 10 nitrogen and oxygen atoms in total. The van der Waals surface area contributed by atoms with Crippen molar-refractivity contribution in [3.63, 3.8) is 0 Å². The van der Waals surface area contributed by atoms with Gasteiger partial charge in [-0.15, -0.1) is 0 Å². The lowest BCUT2D eigenvalue weighted by Gasteiger charge is -2.14. The van der Waals surface area contributed by atoms with Crippen LogP contribution in [0.25, 0.3) is 5.69 Å². The second-order valence-electron chi connectivity index (χ2n) is 6.87. The summed E-state index contributed by atoms with van der Waals surface area (Å²) in [6, 6.07) is 13.7. The molecule has 0 aliphatic rings. The van der Waals surface area contributed by atoms with E-state index in [1.165, 1.54) is 33.8 Å². The first-order chi connectivity index (χ1) is 15.2. The van der Waals surface area contributed by atoms with Gasteiger partial charge in [-0.25, -0.2) is 4.68 Å². The van der Waals surface area contributed by atoms with Gasteiger partial charge in [-0.3, -0.25) is 24.5 Å². The van der Waals surface area contributed by atoms with Crippen LogP contribution in [0.15, 0.2) is 64.3 Å². The quantitative estimate of drug-likeness (QED) is 0.356. The van der Waals surface area contributed by atoms with Crippen LogP contribution in [0.2, 0.25) is 0 Å². The van der Waals surface area contributed by atoms with Gasteiger partial charge >= 0.3 is 0 Å². The average Bonchev–Trinajstić information content (AvgIpc) is 2.75. The molecule has 1 heterocycles. The largest absolute Gasteiger partial charge is 0.339 e. The van der Waals surface area contributed by atoms with Crippen LogP contribution in [0.5, 0.6) is 0 Å². The third-order valence-electron chi connectivity index (χ3n) is 4.33. The van der Waals surface area contributed by atoms with Crippen molar-refractivity contribution in [2.24, 2.45) is 0 Å². The molecule has 11 heteroatoms. The second kappa shape index (κ2) is 9.43. The number of hydrogen-bond acceptors (Lipinski definition) is 7. The normalized spacial score (nSPS) is 10.5. The van der Waals surface area contributed by atoms with Crippen LogP contribution in [-0.2, 0) is 0 Å². The molecule has 2 aromatic carbocycles. The van der Waals surface area contributed by atoms with Crippen molar-refractivity contribution >= 4 is 34.3 Å². The summed E-state index contributed by atoms with van der Waals surface area (Å²) in [4.78, 5) is 50.2. The molecule has 0 spiro atoms. The summed E-state index contributed by atoms with van der Waals surface area (Å²) in [7, 11) is 3.22. The molecular weight excluding hydrogens is 434 g/mol. The molecule has 3 rings (SSSR count). The molecule has 0 aliphatic heterocycles. The maximum absolute atomic E-state index is 12.9. The molecular formula is C21H19N5O5S. The summed E-state index contributed by atoms with van der Waals surface area (Å²) < 4.78 is 1.19. The number of thioether (sulfide) groups is 1. The first-order valence-electron chi connectivity index (χ1n) is 9.33. The molecule has 0 aliphatic carbocycles. The monoisotopic (exact) mass is 453 g/mol. The van der Waals surface area contributed by atoms with Crippen molar-refractivity contribution in [2.45, 2.75) is 11.8 Å². The number of aryl methyl sites for hydroxylation is 1. The van der Waals surface area contributed by atoms with Gasteiger partial charge in [-0.2, -0.15) is 5.10 Å². The number of benzene rings is 2. The van der Waals surface area contributed by atoms with Crippen molar-refractivity contribution < 1.29 is 14.5 Å². The van der Waals surface area contributed by atoms with E-state index in [1.54, 1.807) is 51.4 Å². The lowest BCUT2D eigenvalue weighted by atomic mass is 10.2. The zero-order valence-electron chi connectivity index (χ0n) is 17.4. The van der Waals surface area contributed by atoms with Gasteiger partial charge in [0.15, 0.2) is 5.69 Å². The molecule has 0 saturated heterocycles. The third-order valence-corrected chi connectivity index (χ3v) is 5.44. The number of nitrogens with zero attached hydrogens (tertiary/aromatic N) is 4. The number of rotatable bonds is 5. The van der Waals surface area contributed by atoms with Crippen LogP contribution in [0.4, 0.5) is 16.2 Å². The highest BCUT2D eigenvalue weighted by molar-refractivity contribution is 8.13. The number of para-hydroxylation sites is 3. The van der Waals surface area contributed by atoms with E-state index in [4.69, 9.17) is 0 Å². The number of carbonyl (C=O) groups excluding carboxylic acids is 2. The lowest BCUT2D eigenvalue weighted by Crippen LogP contribution is -2.27. The summed E-state index contributed by atoms with van der Waals surface area (Å²) in [5.74, 6) is -0.798. The predicted octanol–water partition coefficient (Wildman–Crippen LogP) is 3.48. The van der Waals surface area contributed by atoms with Crippen LogP contribution in [0.3, 0.4) is 0 Å². The summed E-state index contributed by atoms with van der Waals surface area (Å²) in [5, 5.41) is 17.9. The van der Waals surface area contributed by atoms with E-state index >= 15 is 0 Å². The third kappa shape index (κ3) is 4.83. The highest BCUT2D eigenvalue weighted by Crippen LogP contribution is 2.29. The average molecular weight is 453 g/mol. The molecule has 1 N–H and O–H groups in total. The maximum atomic E-state index is 12.9. The van der Waals surface area contributed by atoms with Crippen molar-refractivity contribution in [3.8, 4) is 5.69 Å². The molecule has 3 aromatic rings. The van der Waals surface area contributed by atoms with Crippen molar-refractivity contribution in [2.75, 3.05) is 19.4 Å². The smallest absolute Gasteiger partial charge is 0.294 e. The number of nitro groups is 1. The summed E-state index contributed by atoms with van der Waals surface area (Å²) in [5.41, 5.74) is -0.513. The number of hydrogen-bond donors (Lipinski definition) is 1. The van der Waals surface area contributed by atoms with E-state index in [0.717, 1.165) is 11.8 Å². The molecule has 32 heavy (non-hydrogen) atoms. The minimum Gasteiger partial charge on any atom is -0.339 e. The standard InChI is InChI=1S/C21H19N5O5S/c1-13-12-17(27)19(23-25(13)15-9-5-6-10-16(15)26(30)31)20(28)22-14-8-4-7-11-18(14)32-21(29)24(2)3/h4-12H,1-3H3,(H,22,28). The first kappa shape index (κ1) is 22.7. The Bertz CT molecular complexity index is 1270. The minimum atomic E-state index is -0.798. The number of nitrogens with one attached hydrogen (secondary N) is 1. The van der Waals surface area contributed by atoms with E-state index in [1.807, 2.05) is 0 Å². The molecule has 1 aromatic heterocycles. The van der Waals surface area contributed by atoms with Crippen LogP contribution in [0.1, 0.15) is 16.2 Å². The Kier molecular flexibility index (Phi) is 6.69. The van der Waals surface area contributed by atoms with Gasteiger partial charge in [0.2, 0.25) is 5.43 Å². The Balaban J connectivity index is 2.00. The number of aromatic nitrogens is 2. The molecule has 0 unspecified atom stereocenters. The van der Waals surface area contributed by atoms with Gasteiger partial charge in [0.1, 0.15) is 5.69 Å². The van der Waals surface area contributed by atoms with Crippen LogP contribution >= 0.6 is 11.8 Å². The summed E-state index contributed by atoms with van der Waals surface area (Å²) in [6.07, 6.45) is 0. The van der Waals surface area contributed by atoms with E-state index in [0.29, 0.717) is 16.3 Å². The van der Waals surface area contributed by atoms with Gasteiger partial charge in [0, 0.05) is 36.8 Å². The fourth-order valence-corrected chi connectivity index (χ4v) is 3.52. The van der Waals surface area contributed by atoms with Gasteiger partial charge in [-0.05, 0) is 36.9 Å². The molecule has 0 radical (unpaired) electrons. The number of anilines is 1. The number of carbonyl (C=O) groups is 2. The maximum Gasteiger partial charge on any atom is 0.294 e. The van der Waals surface area contributed by atoms with Crippen molar-refractivity contribution in [3.05, 3.63) is 86.3 Å². The Morgan fingerprint density at radius 3 is 2.47 bits per heavy atom. The fraction of sp³-hybridized carbons (Fsp3) is 0.143. The van der Waals surface area contributed by atoms with E-state index in [-0.39, 0.29) is 16.6 Å². The van der Waals surface area contributed by atoms with E-state index < -0.39 is 22.0 Å². The van der Waals surface area contributed by atoms with Crippen molar-refractivity contribution in [1.29, 1.82) is 0 Å². The second-order valence-corrected chi connectivity index (χ2v) is 7.86. The van der Waals surface area contributed by atoms with Gasteiger partial charge in [0.05, 0.1) is 10.6 Å². The molecule has 0 saturated carbocycles. The SMILES string of the molecule is Cc1cc(=O)c(C(=O)Nc2ccccc2SC(=O)N(C)C)nn1-c1ccccc1[N+](=O)[O-]. The highest BCUT2D eigenvalue weighted by atomic mass is 32.2. The van der Waals surface area contributed by atoms with Crippen LogP contribution in [0, 0.1) is 17.0 Å². The Morgan fingerprint density at radius 1 is 1.12 bits per heavy atom. The van der Waals surface area contributed by atoms with Gasteiger partial charge in [0.25, 0.3) is 16.8 Å². The summed E-state index contributed by atoms with van der Waals surface area (Å²) >= 11 is 0.921. The molecule has 164 valence electrons.